The maximum atomic E-state index is 12.2. The summed E-state index contributed by atoms with van der Waals surface area (Å²) in [5, 5.41) is 0. The van der Waals surface area contributed by atoms with E-state index in [1.54, 1.807) is 0 Å². The maximum Gasteiger partial charge on any atom is 0.305 e. The summed E-state index contributed by atoms with van der Waals surface area (Å²) >= 11 is 0. The molecule has 8 bridgehead atoms. The normalized spacial score (nSPS) is 12.8. The van der Waals surface area contributed by atoms with Crippen LogP contribution < -0.4 is 0 Å². The number of nitrogens with zero attached hydrogens (tertiary/aromatic N) is 2. The maximum absolute atomic E-state index is 12.2. The second-order valence-corrected chi connectivity index (χ2v) is 11.5. The zero-order valence-corrected chi connectivity index (χ0v) is 28.4. The Morgan fingerprint density at radius 3 is 1.62 bits per heavy atom. The molecule has 45 heavy (non-hydrogen) atoms. The molecule has 0 aliphatic carbocycles. The van der Waals surface area contributed by atoms with Gasteiger partial charge in [0.15, 0.2) is 0 Å². The average Bonchev–Trinajstić information content (AvgIpc) is 3.67. The van der Waals surface area contributed by atoms with Crippen LogP contribution in [-0.2, 0) is 48.4 Å². The van der Waals surface area contributed by atoms with Crippen molar-refractivity contribution in [2.45, 2.75) is 80.1 Å². The number of allylic oxidation sites excluding steroid dienone is 4. The van der Waals surface area contributed by atoms with Crippen molar-refractivity contribution < 1.29 is 35.6 Å². The van der Waals surface area contributed by atoms with Gasteiger partial charge in [-0.15, -0.1) is 0 Å². The molecule has 5 heterocycles. The van der Waals surface area contributed by atoms with Gasteiger partial charge in [0.25, 0.3) is 0 Å². The van der Waals surface area contributed by atoms with Crippen molar-refractivity contribution in [3.63, 3.8) is 0 Å². The minimum atomic E-state index is -0.261. The third-order valence-corrected chi connectivity index (χ3v) is 9.12. The van der Waals surface area contributed by atoms with Crippen LogP contribution in [0.2, 0.25) is 0 Å². The van der Waals surface area contributed by atoms with Crippen LogP contribution in [0.3, 0.4) is 0 Å². The van der Waals surface area contributed by atoms with Gasteiger partial charge < -0.3 is 19.4 Å². The average molecular weight is 653 g/mol. The fourth-order valence-corrected chi connectivity index (χ4v) is 6.41. The Balaban J connectivity index is 0.00000461. The zero-order valence-electron chi connectivity index (χ0n) is 27.4. The summed E-state index contributed by atoms with van der Waals surface area (Å²) < 4.78 is 9.92. The van der Waals surface area contributed by atoms with E-state index in [1.807, 2.05) is 6.07 Å². The van der Waals surface area contributed by atoms with E-state index in [1.165, 1.54) is 36.5 Å². The molecule has 0 saturated carbocycles. The number of fused-ring (bicyclic) bond motifs is 8. The van der Waals surface area contributed by atoms with Crippen molar-refractivity contribution in [2.24, 2.45) is 0 Å². The smallest absolute Gasteiger partial charge is 0.305 e. The van der Waals surface area contributed by atoms with Crippen molar-refractivity contribution in [3.05, 3.63) is 69.3 Å². The molecular weight excluding hydrogens is 611 g/mol. The first-order valence-electron chi connectivity index (χ1n) is 15.4. The van der Waals surface area contributed by atoms with Crippen LogP contribution in [0.4, 0.5) is 0 Å². The molecule has 0 fully saturated rings. The van der Waals surface area contributed by atoms with Gasteiger partial charge in [-0.3, -0.25) is 9.59 Å². The number of carbonyl (C=O) groups excluding carboxylic acids is 2. The van der Waals surface area contributed by atoms with Crippen LogP contribution in [0.1, 0.15) is 98.4 Å². The molecule has 2 N–H and O–H groups in total. The van der Waals surface area contributed by atoms with E-state index in [4.69, 9.17) is 19.4 Å². The summed E-state index contributed by atoms with van der Waals surface area (Å²) in [6.07, 6.45) is 3.28. The Morgan fingerprint density at radius 2 is 1.07 bits per heavy atom. The van der Waals surface area contributed by atoms with Gasteiger partial charge in [0, 0.05) is 51.4 Å². The van der Waals surface area contributed by atoms with Gasteiger partial charge in [-0.2, -0.15) is 0 Å². The second kappa shape index (κ2) is 14.0. The predicted octanol–water partition coefficient (Wildman–Crippen LogP) is 7.82. The van der Waals surface area contributed by atoms with E-state index >= 15 is 0 Å². The topological polar surface area (TPSA) is 110 Å². The minimum Gasteiger partial charge on any atom is -0.469 e. The second-order valence-electron chi connectivity index (χ2n) is 11.5. The van der Waals surface area contributed by atoms with Gasteiger partial charge in [-0.1, -0.05) is 13.8 Å². The number of esters is 2. The number of aromatic nitrogens is 4. The molecule has 3 aromatic rings. The number of hydrogen-bond acceptors (Lipinski definition) is 6. The first-order valence-corrected chi connectivity index (χ1v) is 15.4. The van der Waals surface area contributed by atoms with E-state index in [0.717, 1.165) is 80.0 Å². The molecule has 240 valence electrons. The summed E-state index contributed by atoms with van der Waals surface area (Å²) in [5.74, 6) is -0.518. The predicted molar refractivity (Wildman–Crippen MR) is 177 cm³/mol. The molecule has 0 saturated heterocycles. The van der Waals surface area contributed by atoms with E-state index in [9.17, 15) is 9.59 Å². The summed E-state index contributed by atoms with van der Waals surface area (Å²) in [6, 6.07) is 8.45. The zero-order chi connectivity index (χ0) is 31.7. The van der Waals surface area contributed by atoms with Crippen molar-refractivity contribution >= 4 is 56.3 Å². The van der Waals surface area contributed by atoms with Gasteiger partial charge in [0.1, 0.15) is 0 Å². The molecule has 0 aromatic carbocycles. The van der Waals surface area contributed by atoms with Gasteiger partial charge in [0.05, 0.1) is 37.0 Å². The summed E-state index contributed by atoms with van der Waals surface area (Å²) in [7, 11) is 2.82. The van der Waals surface area contributed by atoms with Crippen molar-refractivity contribution in [2.75, 3.05) is 14.2 Å². The minimum absolute atomic E-state index is 0. The Labute approximate surface area is 274 Å². The first kappa shape index (κ1) is 33.9. The van der Waals surface area contributed by atoms with Crippen molar-refractivity contribution in [3.8, 4) is 0 Å². The van der Waals surface area contributed by atoms with Crippen LogP contribution in [-0.4, -0.2) is 46.1 Å². The Kier molecular flexibility index (Phi) is 10.5. The number of hydrogen-bond donors (Lipinski definition) is 2. The summed E-state index contributed by atoms with van der Waals surface area (Å²) in [5.41, 5.74) is 16.4. The number of aromatic amines is 2. The third-order valence-electron chi connectivity index (χ3n) is 9.12. The van der Waals surface area contributed by atoms with Crippen molar-refractivity contribution in [1.29, 1.82) is 0 Å². The fourth-order valence-electron chi connectivity index (χ4n) is 6.41. The van der Waals surface area contributed by atoms with Crippen LogP contribution >= 0.6 is 0 Å². The number of methoxy groups -OCH3 is 2. The quantitative estimate of drug-likeness (QED) is 0.190. The summed E-state index contributed by atoms with van der Waals surface area (Å²) in [4.78, 5) is 41.9. The van der Waals surface area contributed by atoms with Crippen LogP contribution in [0.5, 0.6) is 0 Å². The molecule has 0 spiro atoms. The molecule has 0 radical (unpaired) electrons. The van der Waals surface area contributed by atoms with E-state index < -0.39 is 0 Å². The fraction of sp³-hybridized carbons (Fsp3) is 0.389. The standard InChI is InChI=1S/C36H42N4O4.Ni/c1-9-23-19(3)27-15-28-21(5)25(11-13-35(41)43-7)33(39-28)18-34-26(12-14-36(42)44-8)22(6)30(40-34)17-32-24(10-2)20(4)29(38-32)16-31(23)37-27;/h15-18,37,40H,9-14H2,1-8H3;. The van der Waals surface area contributed by atoms with E-state index in [-0.39, 0.29) is 41.3 Å². The number of H-pyrrole nitrogens is 2. The van der Waals surface area contributed by atoms with E-state index in [0.29, 0.717) is 12.8 Å². The van der Waals surface area contributed by atoms with Gasteiger partial charge >= 0.3 is 11.9 Å². The summed E-state index contributed by atoms with van der Waals surface area (Å²) in [6.45, 7) is 12.8. The van der Waals surface area contributed by atoms with Gasteiger partial charge in [-0.05, 0) is 122 Å². The van der Waals surface area contributed by atoms with Gasteiger partial charge in [0.2, 0.25) is 0 Å². The molecule has 2 aliphatic heterocycles. The van der Waals surface area contributed by atoms with Crippen LogP contribution in [0.15, 0.2) is 24.3 Å². The number of nitrogens with one attached hydrogen (secondary N) is 2. The SMILES string of the molecule is CCC1=C(C)c2cc3[nH]c(cc4nc(cc5[nH]c(cc1n2)c(C)c5CCC(=O)OC)C(CCC(=O)OC)=C4C)c(C)c3CC.[Ni]. The van der Waals surface area contributed by atoms with E-state index in [2.05, 4.69) is 69.7 Å². The Bertz CT molecular complexity index is 1890. The Morgan fingerprint density at radius 1 is 0.622 bits per heavy atom. The third kappa shape index (κ3) is 6.55. The van der Waals surface area contributed by atoms with Crippen LogP contribution in [0, 0.1) is 13.8 Å². The molecule has 8 nitrogen and oxygen atoms in total. The molecule has 5 rings (SSSR count). The molecule has 0 unspecified atom stereocenters. The monoisotopic (exact) mass is 652 g/mol. The van der Waals surface area contributed by atoms with Crippen LogP contribution in [0.25, 0.3) is 44.4 Å². The molecular formula is C36H42N4NiO4. The molecule has 0 atom stereocenters. The number of ether oxygens (including phenoxy) is 2. The largest absolute Gasteiger partial charge is 0.469 e. The number of aryl methyl sites for hydroxylation is 4. The molecule has 2 aliphatic rings. The van der Waals surface area contributed by atoms with Gasteiger partial charge in [-0.25, -0.2) is 9.97 Å². The number of rotatable bonds is 8. The molecule has 9 heteroatoms. The molecule has 0 amide bonds. The molecule has 3 aromatic heterocycles. The number of carbonyl (C=O) groups is 2. The van der Waals surface area contributed by atoms with Crippen molar-refractivity contribution in [1.82, 2.24) is 19.9 Å². The Hall–Kier alpha value is -3.97. The first-order chi connectivity index (χ1) is 21.1.